The Labute approximate surface area is 136 Å². The van der Waals surface area contributed by atoms with Crippen LogP contribution in [0.25, 0.3) is 0 Å². The Morgan fingerprint density at radius 1 is 1.04 bits per heavy atom. The Morgan fingerprint density at radius 3 is 2.30 bits per heavy atom. The topological polar surface area (TPSA) is 70.8 Å². The molecule has 0 fully saturated rings. The minimum absolute atomic E-state index is 0.144. The average molecular weight is 315 g/mol. The fourth-order valence-electron chi connectivity index (χ4n) is 2.01. The van der Waals surface area contributed by atoms with Crippen molar-refractivity contribution in [1.29, 1.82) is 0 Å². The summed E-state index contributed by atoms with van der Waals surface area (Å²) in [5.74, 6) is 0.316. The molecule has 1 atom stereocenters. The van der Waals surface area contributed by atoms with Gasteiger partial charge in [-0.25, -0.2) is 4.79 Å². The Balaban J connectivity index is 2.23. The molecule has 0 saturated carbocycles. The van der Waals surface area contributed by atoms with E-state index in [0.717, 1.165) is 5.56 Å². The Morgan fingerprint density at radius 2 is 1.70 bits per heavy atom. The van der Waals surface area contributed by atoms with Crippen LogP contribution in [0.15, 0.2) is 48.5 Å². The number of carbonyl (C=O) groups is 1. The second-order valence-corrected chi connectivity index (χ2v) is 5.18. The van der Waals surface area contributed by atoms with Crippen LogP contribution in [-0.2, 0) is 11.3 Å². The van der Waals surface area contributed by atoms with Crippen LogP contribution in [0.4, 0.5) is 0 Å². The summed E-state index contributed by atoms with van der Waals surface area (Å²) < 4.78 is 16.2. The number of hydrogen-bond acceptors (Lipinski definition) is 5. The van der Waals surface area contributed by atoms with Crippen molar-refractivity contribution in [2.75, 3.05) is 13.7 Å². The van der Waals surface area contributed by atoms with Crippen LogP contribution in [0.5, 0.6) is 11.5 Å². The maximum atomic E-state index is 12.1. The van der Waals surface area contributed by atoms with Gasteiger partial charge in [-0.2, -0.15) is 0 Å². The molecule has 23 heavy (non-hydrogen) atoms. The number of ether oxygens (including phenoxy) is 3. The number of rotatable bonds is 7. The van der Waals surface area contributed by atoms with Gasteiger partial charge in [0, 0.05) is 6.04 Å². The van der Waals surface area contributed by atoms with Gasteiger partial charge in [-0.3, -0.25) is 0 Å². The zero-order valence-electron chi connectivity index (χ0n) is 13.3. The van der Waals surface area contributed by atoms with Crippen LogP contribution in [0.1, 0.15) is 22.8 Å². The molecular formula is C18H21NO4. The van der Waals surface area contributed by atoms with Crippen molar-refractivity contribution >= 4 is 5.97 Å². The molecule has 0 aromatic heterocycles. The fourth-order valence-corrected chi connectivity index (χ4v) is 2.01. The molecule has 122 valence electrons. The fraction of sp³-hybridized carbons (Fsp3) is 0.278. The van der Waals surface area contributed by atoms with Gasteiger partial charge < -0.3 is 19.9 Å². The van der Waals surface area contributed by atoms with Crippen molar-refractivity contribution < 1.29 is 19.0 Å². The third kappa shape index (κ3) is 4.72. The second-order valence-electron chi connectivity index (χ2n) is 5.18. The molecule has 5 nitrogen and oxygen atoms in total. The van der Waals surface area contributed by atoms with E-state index in [-0.39, 0.29) is 11.6 Å². The highest BCUT2D eigenvalue weighted by Crippen LogP contribution is 2.30. The largest absolute Gasteiger partial charge is 0.491 e. The highest BCUT2D eigenvalue weighted by Gasteiger charge is 2.20. The van der Waals surface area contributed by atoms with Crippen LogP contribution in [0.3, 0.4) is 0 Å². The van der Waals surface area contributed by atoms with Gasteiger partial charge >= 0.3 is 5.97 Å². The summed E-state index contributed by atoms with van der Waals surface area (Å²) in [7, 11) is 1.33. The summed E-state index contributed by atoms with van der Waals surface area (Å²) in [6.45, 7) is 2.47. The summed E-state index contributed by atoms with van der Waals surface area (Å²) in [4.78, 5) is 12.1. The summed E-state index contributed by atoms with van der Waals surface area (Å²) >= 11 is 0. The summed E-state index contributed by atoms with van der Waals surface area (Å²) in [5.41, 5.74) is 6.97. The number of carbonyl (C=O) groups excluding carboxylic acids is 1. The van der Waals surface area contributed by atoms with E-state index in [9.17, 15) is 4.79 Å². The molecule has 0 aliphatic carbocycles. The molecule has 0 heterocycles. The highest BCUT2D eigenvalue weighted by molar-refractivity contribution is 5.95. The zero-order chi connectivity index (χ0) is 16.7. The first-order valence-corrected chi connectivity index (χ1v) is 7.38. The highest BCUT2D eigenvalue weighted by atomic mass is 16.5. The van der Waals surface area contributed by atoms with Crippen LogP contribution >= 0.6 is 0 Å². The smallest absolute Gasteiger partial charge is 0.345 e. The van der Waals surface area contributed by atoms with Crippen LogP contribution < -0.4 is 15.2 Å². The lowest BCUT2D eigenvalue weighted by Crippen LogP contribution is -2.24. The van der Waals surface area contributed by atoms with E-state index in [4.69, 9.17) is 19.9 Å². The van der Waals surface area contributed by atoms with Gasteiger partial charge in [0.2, 0.25) is 0 Å². The van der Waals surface area contributed by atoms with E-state index in [2.05, 4.69) is 0 Å². The molecule has 0 spiro atoms. The number of esters is 1. The van der Waals surface area contributed by atoms with Gasteiger partial charge in [0.1, 0.15) is 30.3 Å². The van der Waals surface area contributed by atoms with Crippen molar-refractivity contribution in [2.45, 2.75) is 19.6 Å². The lowest BCUT2D eigenvalue weighted by molar-refractivity contribution is 0.0590. The zero-order valence-corrected chi connectivity index (χ0v) is 13.3. The van der Waals surface area contributed by atoms with Crippen molar-refractivity contribution in [3.8, 4) is 11.5 Å². The Bertz CT molecular complexity index is 641. The normalized spacial score (nSPS) is 11.6. The van der Waals surface area contributed by atoms with Gasteiger partial charge in [-0.05, 0) is 24.6 Å². The molecule has 0 radical (unpaired) electrons. The van der Waals surface area contributed by atoms with Gasteiger partial charge in [-0.1, -0.05) is 36.4 Å². The quantitative estimate of drug-likeness (QED) is 0.796. The molecular weight excluding hydrogens is 294 g/mol. The van der Waals surface area contributed by atoms with Crippen LogP contribution in [0, 0.1) is 0 Å². The van der Waals surface area contributed by atoms with E-state index < -0.39 is 5.97 Å². The molecule has 5 heteroatoms. The minimum Gasteiger partial charge on any atom is -0.491 e. The molecule has 2 N–H and O–H groups in total. The third-order valence-electron chi connectivity index (χ3n) is 3.12. The Kier molecular flexibility index (Phi) is 6.00. The van der Waals surface area contributed by atoms with Gasteiger partial charge in [0.25, 0.3) is 0 Å². The molecule has 0 amide bonds. The monoisotopic (exact) mass is 315 g/mol. The number of benzene rings is 2. The van der Waals surface area contributed by atoms with Gasteiger partial charge in [-0.15, -0.1) is 0 Å². The molecule has 2 rings (SSSR count). The molecule has 1 unspecified atom stereocenters. The van der Waals surface area contributed by atoms with Crippen molar-refractivity contribution in [3.05, 3.63) is 59.7 Å². The second kappa shape index (κ2) is 8.19. The van der Waals surface area contributed by atoms with E-state index in [1.54, 1.807) is 18.2 Å². The minimum atomic E-state index is -0.506. The van der Waals surface area contributed by atoms with Crippen molar-refractivity contribution in [2.24, 2.45) is 5.73 Å². The maximum absolute atomic E-state index is 12.1. The number of methoxy groups -OCH3 is 1. The van der Waals surface area contributed by atoms with E-state index >= 15 is 0 Å². The molecule has 0 aliphatic heterocycles. The third-order valence-corrected chi connectivity index (χ3v) is 3.12. The predicted molar refractivity (Wildman–Crippen MR) is 87.7 cm³/mol. The van der Waals surface area contributed by atoms with E-state index in [1.807, 2.05) is 37.3 Å². The summed E-state index contributed by atoms with van der Waals surface area (Å²) in [5, 5.41) is 0. The first kappa shape index (κ1) is 16.8. The first-order chi connectivity index (χ1) is 11.1. The summed E-state index contributed by atoms with van der Waals surface area (Å²) in [6.07, 6.45) is 0. The molecule has 2 aromatic carbocycles. The molecule has 0 saturated heterocycles. The van der Waals surface area contributed by atoms with Crippen LogP contribution in [-0.4, -0.2) is 25.7 Å². The number of nitrogens with two attached hydrogens (primary N) is 1. The molecule has 2 aromatic rings. The lowest BCUT2D eigenvalue weighted by atomic mass is 10.1. The number of hydrogen-bond donors (Lipinski definition) is 1. The van der Waals surface area contributed by atoms with Crippen LogP contribution in [0.2, 0.25) is 0 Å². The SMILES string of the molecule is COC(=O)c1c(OCc2ccccc2)cccc1OCC(C)N. The summed E-state index contributed by atoms with van der Waals surface area (Å²) in [6, 6.07) is 14.7. The van der Waals surface area contributed by atoms with Gasteiger partial charge in [0.05, 0.1) is 7.11 Å². The average Bonchev–Trinajstić information content (AvgIpc) is 2.58. The van der Waals surface area contributed by atoms with E-state index in [1.165, 1.54) is 7.11 Å². The maximum Gasteiger partial charge on any atom is 0.345 e. The first-order valence-electron chi connectivity index (χ1n) is 7.38. The standard InChI is InChI=1S/C18H21NO4/c1-13(19)11-22-15-9-6-10-16(17(15)18(20)21-2)23-12-14-7-4-3-5-8-14/h3-10,13H,11-12,19H2,1-2H3. The van der Waals surface area contributed by atoms with E-state index in [0.29, 0.717) is 24.7 Å². The van der Waals surface area contributed by atoms with Gasteiger partial charge in [0.15, 0.2) is 0 Å². The molecule has 0 bridgehead atoms. The van der Waals surface area contributed by atoms with Crippen molar-refractivity contribution in [1.82, 2.24) is 0 Å². The Hall–Kier alpha value is -2.53. The van der Waals surface area contributed by atoms with Crippen molar-refractivity contribution in [3.63, 3.8) is 0 Å². The predicted octanol–water partition coefficient (Wildman–Crippen LogP) is 2.78. The molecule has 0 aliphatic rings. The lowest BCUT2D eigenvalue weighted by Gasteiger charge is -2.16.